The Labute approximate surface area is 211 Å². The number of fused-ring (bicyclic) bond motifs is 1. The molecular formula is C23H26N6O7S. The molecule has 0 fully saturated rings. The van der Waals surface area contributed by atoms with Crippen LogP contribution in [-0.4, -0.2) is 61.5 Å². The summed E-state index contributed by atoms with van der Waals surface area (Å²) in [6.45, 7) is 0.0625. The Kier molecular flexibility index (Phi) is 8.81. The van der Waals surface area contributed by atoms with Gasteiger partial charge >= 0.3 is 5.97 Å². The zero-order chi connectivity index (χ0) is 27.0. The molecule has 0 aliphatic rings. The SMILES string of the molecule is NC(N)=NCCCOc1ccc2ccc(C(=O)NC[C@H](NS(=O)(=O)c3ccccc3)C(=O)O)c(=O)n2c1. The Bertz CT molecular complexity index is 1470. The lowest BCUT2D eigenvalue weighted by atomic mass is 10.2. The van der Waals surface area contributed by atoms with Gasteiger partial charge in [-0.15, -0.1) is 0 Å². The fraction of sp³-hybridized carbons (Fsp3) is 0.217. The van der Waals surface area contributed by atoms with Crippen LogP contribution >= 0.6 is 0 Å². The molecule has 0 aliphatic heterocycles. The Morgan fingerprint density at radius 1 is 1.08 bits per heavy atom. The molecule has 0 spiro atoms. The average Bonchev–Trinajstić information content (AvgIpc) is 2.86. The lowest BCUT2D eigenvalue weighted by Crippen LogP contribution is -2.48. The van der Waals surface area contributed by atoms with Gasteiger partial charge in [0.1, 0.15) is 17.4 Å². The van der Waals surface area contributed by atoms with Crippen LogP contribution in [0.1, 0.15) is 16.8 Å². The number of carbonyl (C=O) groups excluding carboxylic acids is 1. The average molecular weight is 531 g/mol. The zero-order valence-corrected chi connectivity index (χ0v) is 20.3. The van der Waals surface area contributed by atoms with Crippen molar-refractivity contribution in [1.29, 1.82) is 0 Å². The molecule has 0 saturated heterocycles. The van der Waals surface area contributed by atoms with E-state index in [1.807, 2.05) is 4.72 Å². The van der Waals surface area contributed by atoms with Crippen molar-refractivity contribution in [1.82, 2.24) is 14.4 Å². The lowest BCUT2D eigenvalue weighted by molar-refractivity contribution is -0.138. The zero-order valence-electron chi connectivity index (χ0n) is 19.5. The van der Waals surface area contributed by atoms with E-state index in [0.29, 0.717) is 24.2 Å². The Morgan fingerprint density at radius 2 is 1.78 bits per heavy atom. The van der Waals surface area contributed by atoms with E-state index in [2.05, 4.69) is 10.3 Å². The molecule has 0 unspecified atom stereocenters. The van der Waals surface area contributed by atoms with E-state index < -0.39 is 40.0 Å². The van der Waals surface area contributed by atoms with Crippen LogP contribution in [0.5, 0.6) is 5.75 Å². The first kappa shape index (κ1) is 27.2. The van der Waals surface area contributed by atoms with Gasteiger partial charge in [0.05, 0.1) is 17.7 Å². The molecule has 3 aromatic rings. The van der Waals surface area contributed by atoms with Crippen molar-refractivity contribution in [3.8, 4) is 5.75 Å². The minimum atomic E-state index is -4.16. The molecule has 7 N–H and O–H groups in total. The molecule has 0 bridgehead atoms. The standard InChI is InChI=1S/C23H26N6O7S/c24-23(25)26-11-4-12-36-16-9-7-15-8-10-18(21(31)29(15)14-16)20(30)27-13-19(22(32)33)28-37(34,35)17-5-2-1-3-6-17/h1-3,5-10,14,19,28H,4,11-13H2,(H,27,30)(H,32,33)(H4,24,25,26)/t19-/m0/s1. The van der Waals surface area contributed by atoms with Crippen molar-refractivity contribution in [2.75, 3.05) is 19.7 Å². The second-order valence-electron chi connectivity index (χ2n) is 7.76. The molecule has 3 rings (SSSR count). The highest BCUT2D eigenvalue weighted by Gasteiger charge is 2.26. The van der Waals surface area contributed by atoms with Crippen molar-refractivity contribution in [3.05, 3.63) is 76.7 Å². The smallest absolute Gasteiger partial charge is 0.323 e. The highest BCUT2D eigenvalue weighted by molar-refractivity contribution is 7.89. The summed E-state index contributed by atoms with van der Waals surface area (Å²) in [4.78, 5) is 41.0. The molecule has 196 valence electrons. The van der Waals surface area contributed by atoms with E-state index in [9.17, 15) is 27.9 Å². The third kappa shape index (κ3) is 7.28. The van der Waals surface area contributed by atoms with Crippen LogP contribution in [0.3, 0.4) is 0 Å². The second kappa shape index (κ2) is 12.0. The first-order chi connectivity index (χ1) is 17.6. The molecule has 0 aliphatic carbocycles. The number of pyridine rings is 2. The van der Waals surface area contributed by atoms with Gasteiger partial charge in [0.15, 0.2) is 5.96 Å². The quantitative estimate of drug-likeness (QED) is 0.116. The fourth-order valence-corrected chi connectivity index (χ4v) is 4.43. The first-order valence-electron chi connectivity index (χ1n) is 11.0. The number of hydrogen-bond donors (Lipinski definition) is 5. The summed E-state index contributed by atoms with van der Waals surface area (Å²) in [5, 5.41) is 11.8. The summed E-state index contributed by atoms with van der Waals surface area (Å²) in [6, 6.07) is 11.6. The van der Waals surface area contributed by atoms with Crippen LogP contribution < -0.4 is 31.8 Å². The van der Waals surface area contributed by atoms with Crippen molar-refractivity contribution >= 4 is 33.4 Å². The molecule has 0 radical (unpaired) electrons. The molecule has 37 heavy (non-hydrogen) atoms. The molecule has 1 aromatic carbocycles. The van der Waals surface area contributed by atoms with Gasteiger partial charge in [-0.05, 0) is 36.4 Å². The summed E-state index contributed by atoms with van der Waals surface area (Å²) in [6.07, 6.45) is 1.95. The van der Waals surface area contributed by atoms with E-state index in [4.69, 9.17) is 16.2 Å². The molecule has 2 aromatic heterocycles. The number of sulfonamides is 1. The number of carboxylic acid groups (broad SMARTS) is 1. The number of nitrogens with one attached hydrogen (secondary N) is 2. The number of guanidine groups is 1. The summed E-state index contributed by atoms with van der Waals surface area (Å²) in [5.74, 6) is -2.02. The number of ether oxygens (including phenoxy) is 1. The van der Waals surface area contributed by atoms with Crippen LogP contribution in [0.2, 0.25) is 0 Å². The predicted molar refractivity (Wildman–Crippen MR) is 135 cm³/mol. The van der Waals surface area contributed by atoms with Gasteiger partial charge in [-0.3, -0.25) is 23.8 Å². The number of carbonyl (C=O) groups is 2. The largest absolute Gasteiger partial charge is 0.492 e. The monoisotopic (exact) mass is 530 g/mol. The van der Waals surface area contributed by atoms with Crippen molar-refractivity contribution in [2.45, 2.75) is 17.4 Å². The summed E-state index contributed by atoms with van der Waals surface area (Å²) in [7, 11) is -4.16. The van der Waals surface area contributed by atoms with E-state index >= 15 is 0 Å². The van der Waals surface area contributed by atoms with Crippen molar-refractivity contribution < 1.29 is 27.9 Å². The molecule has 2 heterocycles. The van der Waals surface area contributed by atoms with E-state index in [1.165, 1.54) is 47.0 Å². The second-order valence-corrected chi connectivity index (χ2v) is 9.47. The molecule has 1 atom stereocenters. The molecule has 13 nitrogen and oxygen atoms in total. The summed E-state index contributed by atoms with van der Waals surface area (Å²) in [5.41, 5.74) is 10.1. The van der Waals surface area contributed by atoms with Gasteiger partial charge in [0.25, 0.3) is 11.5 Å². The topological polar surface area (TPSA) is 208 Å². The maximum Gasteiger partial charge on any atom is 0.323 e. The van der Waals surface area contributed by atoms with Gasteiger partial charge < -0.3 is 26.6 Å². The highest BCUT2D eigenvalue weighted by Crippen LogP contribution is 2.13. The summed E-state index contributed by atoms with van der Waals surface area (Å²) >= 11 is 0. The van der Waals surface area contributed by atoms with Gasteiger partial charge in [0, 0.05) is 25.0 Å². The van der Waals surface area contributed by atoms with Crippen LogP contribution in [0.4, 0.5) is 0 Å². The van der Waals surface area contributed by atoms with Crippen LogP contribution in [0.25, 0.3) is 5.52 Å². The van der Waals surface area contributed by atoms with Gasteiger partial charge in [-0.1, -0.05) is 18.2 Å². The number of nitrogens with zero attached hydrogens (tertiary/aromatic N) is 2. The number of benzene rings is 1. The van der Waals surface area contributed by atoms with Crippen LogP contribution in [0, 0.1) is 0 Å². The third-order valence-corrected chi connectivity index (χ3v) is 6.54. The number of carboxylic acids is 1. The molecule has 14 heteroatoms. The van der Waals surface area contributed by atoms with Crippen molar-refractivity contribution in [2.24, 2.45) is 16.5 Å². The molecule has 1 amide bonds. The number of aliphatic imine (C=N–C) groups is 1. The van der Waals surface area contributed by atoms with Gasteiger partial charge in [-0.2, -0.15) is 4.72 Å². The number of hydrogen-bond acceptors (Lipinski definition) is 7. The minimum absolute atomic E-state index is 0.0219. The minimum Gasteiger partial charge on any atom is -0.492 e. The molecular weight excluding hydrogens is 504 g/mol. The van der Waals surface area contributed by atoms with Gasteiger partial charge in [0.2, 0.25) is 10.0 Å². The van der Waals surface area contributed by atoms with Crippen molar-refractivity contribution in [3.63, 3.8) is 0 Å². The third-order valence-electron chi connectivity index (χ3n) is 5.05. The molecule has 0 saturated carbocycles. The Morgan fingerprint density at radius 3 is 2.46 bits per heavy atom. The fourth-order valence-electron chi connectivity index (χ4n) is 3.22. The van der Waals surface area contributed by atoms with Crippen LogP contribution in [-0.2, 0) is 14.8 Å². The number of rotatable bonds is 12. The maximum atomic E-state index is 12.9. The lowest BCUT2D eigenvalue weighted by Gasteiger charge is -2.16. The van der Waals surface area contributed by atoms with E-state index in [1.54, 1.807) is 18.2 Å². The van der Waals surface area contributed by atoms with Crippen LogP contribution in [0.15, 0.2) is 75.5 Å². The number of aliphatic carboxylic acids is 1. The van der Waals surface area contributed by atoms with E-state index in [0.717, 1.165) is 0 Å². The first-order valence-corrected chi connectivity index (χ1v) is 12.5. The number of nitrogens with two attached hydrogens (primary N) is 2. The Hall–Kier alpha value is -4.43. The normalized spacial score (nSPS) is 12.0. The number of aromatic nitrogens is 1. The van der Waals surface area contributed by atoms with E-state index in [-0.39, 0.29) is 23.0 Å². The Balaban J connectivity index is 1.70. The number of amides is 1. The van der Waals surface area contributed by atoms with Gasteiger partial charge in [-0.25, -0.2) is 8.42 Å². The maximum absolute atomic E-state index is 12.9. The highest BCUT2D eigenvalue weighted by atomic mass is 32.2. The summed E-state index contributed by atoms with van der Waals surface area (Å²) < 4.78 is 33.8. The predicted octanol–water partition coefficient (Wildman–Crippen LogP) is -0.497.